The molecule has 2 aromatic rings. The third kappa shape index (κ3) is 3.20. The summed E-state index contributed by atoms with van der Waals surface area (Å²) >= 11 is 0. The molecule has 0 aliphatic rings. The molecule has 0 aliphatic carbocycles. The molecule has 8 heteroatoms. The fourth-order valence-corrected chi connectivity index (χ4v) is 0.691. The molecule has 2 rings (SSSR count). The third-order valence-corrected chi connectivity index (χ3v) is 1.10. The van der Waals surface area contributed by atoms with Gasteiger partial charge in [0.25, 0.3) is 0 Å². The summed E-state index contributed by atoms with van der Waals surface area (Å²) in [5.41, 5.74) is 1.59. The summed E-state index contributed by atoms with van der Waals surface area (Å²) in [6.07, 6.45) is 4.76. The molecule has 3 N–H and O–H groups in total. The van der Waals surface area contributed by atoms with Crippen LogP contribution >= 0.6 is 8.25 Å². The fraction of sp³-hybridized carbons (Fsp3) is 0. The van der Waals surface area contributed by atoms with Gasteiger partial charge in [-0.25, -0.2) is 15.0 Å². The number of H-pyrrole nitrogens is 1. The van der Waals surface area contributed by atoms with E-state index in [0.29, 0.717) is 5.65 Å². The lowest BCUT2D eigenvalue weighted by Gasteiger charge is -1.80. The highest BCUT2D eigenvalue weighted by molar-refractivity contribution is 7.30. The maximum atomic E-state index is 8.70. The Kier molecular flexibility index (Phi) is 3.39. The molecule has 0 aliphatic heterocycles. The van der Waals surface area contributed by atoms with Crippen molar-refractivity contribution < 1.29 is 14.4 Å². The van der Waals surface area contributed by atoms with Crippen molar-refractivity contribution in [2.24, 2.45) is 0 Å². The summed E-state index contributed by atoms with van der Waals surface area (Å²) in [4.78, 5) is 28.7. The van der Waals surface area contributed by atoms with E-state index in [1.165, 1.54) is 6.33 Å². The predicted molar refractivity (Wildman–Crippen MR) is 43.7 cm³/mol. The molecule has 0 atom stereocenters. The van der Waals surface area contributed by atoms with E-state index in [2.05, 4.69) is 19.9 Å². The van der Waals surface area contributed by atoms with Crippen LogP contribution in [-0.4, -0.2) is 29.7 Å². The smallest absolute Gasteiger partial charge is 0.342 e. The van der Waals surface area contributed by atoms with Gasteiger partial charge < -0.3 is 4.98 Å². The van der Waals surface area contributed by atoms with Crippen LogP contribution in [0.15, 0.2) is 18.9 Å². The zero-order chi connectivity index (χ0) is 9.68. The largest absolute Gasteiger partial charge is 0.692 e. The third-order valence-electron chi connectivity index (χ3n) is 1.10. The van der Waals surface area contributed by atoms with Gasteiger partial charge in [-0.15, -0.1) is 9.79 Å². The molecule has 0 bridgehead atoms. The Morgan fingerprint density at radius 1 is 1.38 bits per heavy atom. The van der Waals surface area contributed by atoms with Gasteiger partial charge in [-0.3, -0.25) is 0 Å². The number of fused-ring (bicyclic) bond motifs is 1. The Labute approximate surface area is 73.5 Å². The minimum atomic E-state index is -2.87. The maximum absolute atomic E-state index is 8.70. The standard InChI is InChI=1S/C5H4N4.HO3P/c1-4-5(8-2-6-1)9-3-7-4;1-4(2)3/h1-3H,(H,6,7,8,9);(H-,1,2,3)/p+1. The van der Waals surface area contributed by atoms with Crippen molar-refractivity contribution in [3.05, 3.63) is 18.9 Å². The number of rotatable bonds is 0. The monoisotopic (exact) mass is 201 g/mol. The van der Waals surface area contributed by atoms with Gasteiger partial charge in [0.1, 0.15) is 11.8 Å². The maximum Gasteiger partial charge on any atom is 0.692 e. The highest BCUT2D eigenvalue weighted by Crippen LogP contribution is 1.99. The Balaban J connectivity index is 0.000000184. The molecule has 0 aromatic carbocycles. The van der Waals surface area contributed by atoms with Crippen molar-refractivity contribution in [2.45, 2.75) is 0 Å². The van der Waals surface area contributed by atoms with E-state index < -0.39 is 8.25 Å². The van der Waals surface area contributed by atoms with Gasteiger partial charge in [-0.1, -0.05) is 0 Å². The van der Waals surface area contributed by atoms with E-state index in [1.54, 1.807) is 12.5 Å². The summed E-state index contributed by atoms with van der Waals surface area (Å²) < 4.78 is 8.70. The van der Waals surface area contributed by atoms with E-state index in [1.807, 2.05) is 0 Å². The van der Waals surface area contributed by atoms with Crippen LogP contribution in [0, 0.1) is 0 Å². The summed E-state index contributed by atoms with van der Waals surface area (Å²) in [6, 6.07) is 0. The van der Waals surface area contributed by atoms with Crippen LogP contribution in [0.5, 0.6) is 0 Å². The van der Waals surface area contributed by atoms with E-state index in [4.69, 9.17) is 14.4 Å². The van der Waals surface area contributed by atoms with Gasteiger partial charge in [-0.05, 0) is 0 Å². The average molecular weight is 201 g/mol. The molecule has 0 unspecified atom stereocenters. The number of nitrogens with one attached hydrogen (secondary N) is 1. The topological polar surface area (TPSA) is 112 Å². The van der Waals surface area contributed by atoms with Crippen LogP contribution < -0.4 is 0 Å². The van der Waals surface area contributed by atoms with Gasteiger partial charge in [0.05, 0.1) is 12.5 Å². The lowest BCUT2D eigenvalue weighted by molar-refractivity contribution is 0.405. The SMILES string of the molecule is O=[P+](O)O.c1ncc2[nH]cnc2n1. The first-order valence-corrected chi connectivity index (χ1v) is 4.31. The van der Waals surface area contributed by atoms with Gasteiger partial charge in [0.2, 0.25) is 0 Å². The Morgan fingerprint density at radius 3 is 2.69 bits per heavy atom. The number of hydrogen-bond acceptors (Lipinski definition) is 4. The second-order valence-electron chi connectivity index (χ2n) is 1.92. The molecule has 0 saturated heterocycles. The lowest BCUT2D eigenvalue weighted by Crippen LogP contribution is -1.76. The van der Waals surface area contributed by atoms with Crippen molar-refractivity contribution in [3.8, 4) is 0 Å². The quantitative estimate of drug-likeness (QED) is 0.516. The normalized spacial score (nSPS) is 9.08. The minimum Gasteiger partial charge on any atom is -0.342 e. The van der Waals surface area contributed by atoms with E-state index in [9.17, 15) is 0 Å². The van der Waals surface area contributed by atoms with Crippen LogP contribution in [0.4, 0.5) is 0 Å². The molecule has 0 radical (unpaired) electrons. The van der Waals surface area contributed by atoms with Crippen molar-refractivity contribution in [2.75, 3.05) is 0 Å². The van der Waals surface area contributed by atoms with E-state index in [-0.39, 0.29) is 0 Å². The van der Waals surface area contributed by atoms with Crippen molar-refractivity contribution >= 4 is 19.4 Å². The molecule has 0 saturated carbocycles. The molecule has 68 valence electrons. The molecule has 2 heterocycles. The van der Waals surface area contributed by atoms with Crippen molar-refractivity contribution in [1.29, 1.82) is 0 Å². The first-order chi connectivity index (χ1) is 6.20. The zero-order valence-corrected chi connectivity index (χ0v) is 7.22. The number of aromatic nitrogens is 4. The first-order valence-electron chi connectivity index (χ1n) is 3.14. The molecule has 0 fully saturated rings. The first kappa shape index (κ1) is 9.66. The second kappa shape index (κ2) is 4.56. The van der Waals surface area contributed by atoms with Crippen LogP contribution in [-0.2, 0) is 4.57 Å². The van der Waals surface area contributed by atoms with Gasteiger partial charge in [0.15, 0.2) is 5.65 Å². The molecule has 2 aromatic heterocycles. The summed E-state index contributed by atoms with van der Waals surface area (Å²) in [6.45, 7) is 0. The molecular formula is C5H6N4O3P+. The van der Waals surface area contributed by atoms with Crippen LogP contribution in [0.25, 0.3) is 11.2 Å². The van der Waals surface area contributed by atoms with Crippen LogP contribution in [0.2, 0.25) is 0 Å². The molecular weight excluding hydrogens is 195 g/mol. The summed E-state index contributed by atoms with van der Waals surface area (Å²) in [5.74, 6) is 0. The summed E-state index contributed by atoms with van der Waals surface area (Å²) in [7, 11) is -2.87. The number of aromatic amines is 1. The fourth-order valence-electron chi connectivity index (χ4n) is 0.691. The second-order valence-corrected chi connectivity index (χ2v) is 2.42. The Bertz CT molecular complexity index is 369. The highest BCUT2D eigenvalue weighted by atomic mass is 31.1. The zero-order valence-electron chi connectivity index (χ0n) is 6.32. The van der Waals surface area contributed by atoms with Crippen molar-refractivity contribution in [1.82, 2.24) is 19.9 Å². The Morgan fingerprint density at radius 2 is 2.08 bits per heavy atom. The Hall–Kier alpha value is -1.43. The van der Waals surface area contributed by atoms with Gasteiger partial charge >= 0.3 is 8.25 Å². The van der Waals surface area contributed by atoms with Gasteiger partial charge in [0, 0.05) is 4.57 Å². The summed E-state index contributed by atoms with van der Waals surface area (Å²) in [5, 5.41) is 0. The number of imidazole rings is 1. The predicted octanol–water partition coefficient (Wildman–Crippen LogP) is -0.0187. The molecule has 0 amide bonds. The minimum absolute atomic E-state index is 0.713. The molecule has 13 heavy (non-hydrogen) atoms. The van der Waals surface area contributed by atoms with Gasteiger partial charge in [-0.2, -0.15) is 0 Å². The van der Waals surface area contributed by atoms with Crippen molar-refractivity contribution in [3.63, 3.8) is 0 Å². The van der Waals surface area contributed by atoms with Crippen LogP contribution in [0.3, 0.4) is 0 Å². The molecule has 7 nitrogen and oxygen atoms in total. The van der Waals surface area contributed by atoms with E-state index in [0.717, 1.165) is 5.52 Å². The number of nitrogens with zero attached hydrogens (tertiary/aromatic N) is 3. The van der Waals surface area contributed by atoms with E-state index >= 15 is 0 Å². The average Bonchev–Trinajstić information content (AvgIpc) is 2.49. The number of hydrogen-bond donors (Lipinski definition) is 3. The van der Waals surface area contributed by atoms with Crippen LogP contribution in [0.1, 0.15) is 0 Å². The lowest BCUT2D eigenvalue weighted by atomic mass is 10.6. The molecule has 0 spiro atoms. The highest BCUT2D eigenvalue weighted by Gasteiger charge is 1.93.